The Labute approximate surface area is 123 Å². The lowest BCUT2D eigenvalue weighted by Gasteiger charge is -2.24. The minimum absolute atomic E-state index is 0.142. The van der Waals surface area contributed by atoms with E-state index in [-0.39, 0.29) is 11.5 Å². The highest BCUT2D eigenvalue weighted by Gasteiger charge is 2.40. The van der Waals surface area contributed by atoms with E-state index in [0.29, 0.717) is 11.1 Å². The van der Waals surface area contributed by atoms with E-state index in [1.54, 1.807) is 0 Å². The predicted octanol–water partition coefficient (Wildman–Crippen LogP) is 2.75. The number of benzene rings is 1. The molecule has 20 heavy (non-hydrogen) atoms. The van der Waals surface area contributed by atoms with Gasteiger partial charge in [0.1, 0.15) is 4.64 Å². The molecule has 106 valence electrons. The van der Waals surface area contributed by atoms with E-state index in [1.165, 1.54) is 0 Å². The van der Waals surface area contributed by atoms with Crippen molar-refractivity contribution in [2.24, 2.45) is 0 Å². The quantitative estimate of drug-likeness (QED) is 0.868. The third kappa shape index (κ3) is 2.33. The fraction of sp³-hybridized carbons (Fsp3) is 0.357. The first-order valence-electron chi connectivity index (χ1n) is 6.48. The number of hydrogen-bond acceptors (Lipinski definition) is 3. The van der Waals surface area contributed by atoms with E-state index in [1.807, 2.05) is 48.0 Å². The standard InChI is InChI=1S/C14H16N2O2S2/c1-14(7-8-20(17,18)10-14)16-13(19)9-12(15-16)11-5-3-2-4-6-11/h2-6,9,15H,7-8,10H2,1H3. The predicted molar refractivity (Wildman–Crippen MR) is 82.0 cm³/mol. The SMILES string of the molecule is CC1(n2[nH]c(-c3ccccc3)cc2=S)CCS(=O)(=O)C1. The Morgan fingerprint density at radius 2 is 2.00 bits per heavy atom. The Hall–Kier alpha value is -1.40. The van der Waals surface area contributed by atoms with Crippen molar-refractivity contribution in [1.82, 2.24) is 9.78 Å². The molecule has 0 spiro atoms. The van der Waals surface area contributed by atoms with Gasteiger partial charge in [0.25, 0.3) is 0 Å². The molecular formula is C14H16N2O2S2. The first-order valence-corrected chi connectivity index (χ1v) is 8.71. The number of hydrogen-bond donors (Lipinski definition) is 1. The summed E-state index contributed by atoms with van der Waals surface area (Å²) in [6, 6.07) is 11.8. The number of sulfone groups is 1. The molecule has 1 unspecified atom stereocenters. The third-order valence-corrected chi connectivity index (χ3v) is 6.02. The number of aromatic amines is 1. The first kappa shape index (κ1) is 13.6. The van der Waals surface area contributed by atoms with E-state index in [2.05, 4.69) is 5.10 Å². The molecule has 0 radical (unpaired) electrons. The maximum absolute atomic E-state index is 11.7. The lowest BCUT2D eigenvalue weighted by Crippen LogP contribution is -2.32. The van der Waals surface area contributed by atoms with Gasteiger partial charge in [0.15, 0.2) is 9.84 Å². The molecule has 0 bridgehead atoms. The van der Waals surface area contributed by atoms with Gasteiger partial charge in [-0.25, -0.2) is 8.42 Å². The molecule has 4 nitrogen and oxygen atoms in total. The van der Waals surface area contributed by atoms with E-state index in [4.69, 9.17) is 12.2 Å². The number of nitrogens with zero attached hydrogens (tertiary/aromatic N) is 1. The summed E-state index contributed by atoms with van der Waals surface area (Å²) in [6.07, 6.45) is 0.596. The van der Waals surface area contributed by atoms with Crippen LogP contribution in [-0.2, 0) is 15.4 Å². The molecule has 1 atom stereocenters. The first-order chi connectivity index (χ1) is 9.40. The molecule has 6 heteroatoms. The monoisotopic (exact) mass is 308 g/mol. The number of aromatic nitrogens is 2. The van der Waals surface area contributed by atoms with E-state index < -0.39 is 15.4 Å². The fourth-order valence-corrected chi connectivity index (χ4v) is 5.23. The molecule has 2 heterocycles. The van der Waals surface area contributed by atoms with E-state index in [0.717, 1.165) is 11.3 Å². The van der Waals surface area contributed by atoms with Crippen LogP contribution in [0.3, 0.4) is 0 Å². The van der Waals surface area contributed by atoms with Crippen LogP contribution in [0.1, 0.15) is 13.3 Å². The Morgan fingerprint density at radius 1 is 1.30 bits per heavy atom. The van der Waals surface area contributed by atoms with Gasteiger partial charge in [-0.2, -0.15) is 0 Å². The summed E-state index contributed by atoms with van der Waals surface area (Å²) in [5, 5.41) is 3.27. The van der Waals surface area contributed by atoms with Crippen LogP contribution in [0.2, 0.25) is 0 Å². The maximum atomic E-state index is 11.7. The molecule has 1 aliphatic rings. The summed E-state index contributed by atoms with van der Waals surface area (Å²) < 4.78 is 26.0. The highest BCUT2D eigenvalue weighted by Crippen LogP contribution is 2.31. The summed E-state index contributed by atoms with van der Waals surface area (Å²) in [5.41, 5.74) is 1.49. The van der Waals surface area contributed by atoms with Crippen molar-refractivity contribution in [3.05, 3.63) is 41.0 Å². The van der Waals surface area contributed by atoms with Gasteiger partial charge in [-0.05, 0) is 25.0 Å². The summed E-state index contributed by atoms with van der Waals surface area (Å²) in [4.78, 5) is 0. The van der Waals surface area contributed by atoms with Crippen molar-refractivity contribution < 1.29 is 8.42 Å². The Morgan fingerprint density at radius 3 is 2.60 bits per heavy atom. The zero-order valence-corrected chi connectivity index (χ0v) is 12.8. The lowest BCUT2D eigenvalue weighted by atomic mass is 10.0. The molecule has 0 amide bonds. The van der Waals surface area contributed by atoms with Crippen molar-refractivity contribution in [2.75, 3.05) is 11.5 Å². The third-order valence-electron chi connectivity index (χ3n) is 3.83. The highest BCUT2D eigenvalue weighted by atomic mass is 32.2. The van der Waals surface area contributed by atoms with Gasteiger partial charge in [0.05, 0.1) is 22.7 Å². The largest absolute Gasteiger partial charge is 0.296 e. The number of rotatable bonds is 2. The van der Waals surface area contributed by atoms with Crippen LogP contribution in [-0.4, -0.2) is 29.7 Å². The van der Waals surface area contributed by atoms with Crippen molar-refractivity contribution in [1.29, 1.82) is 0 Å². The average molecular weight is 308 g/mol. The number of nitrogens with one attached hydrogen (secondary N) is 1. The molecule has 0 saturated carbocycles. The van der Waals surface area contributed by atoms with Crippen molar-refractivity contribution in [3.8, 4) is 11.3 Å². The van der Waals surface area contributed by atoms with Gasteiger partial charge in [-0.3, -0.25) is 9.78 Å². The molecular weight excluding hydrogens is 292 g/mol. The minimum atomic E-state index is -2.96. The Bertz CT molecular complexity index is 790. The summed E-state index contributed by atoms with van der Waals surface area (Å²) >= 11 is 5.39. The van der Waals surface area contributed by atoms with Crippen molar-refractivity contribution in [2.45, 2.75) is 18.9 Å². The molecule has 2 aromatic rings. The fourth-order valence-electron chi connectivity index (χ4n) is 2.73. The van der Waals surface area contributed by atoms with Crippen molar-refractivity contribution in [3.63, 3.8) is 0 Å². The highest BCUT2D eigenvalue weighted by molar-refractivity contribution is 7.91. The topological polar surface area (TPSA) is 54.9 Å². The summed E-state index contributed by atoms with van der Waals surface area (Å²) in [5.74, 6) is 0.369. The average Bonchev–Trinajstić information content (AvgIpc) is 2.92. The second-order valence-electron chi connectivity index (χ2n) is 5.55. The van der Waals surface area contributed by atoms with Crippen LogP contribution in [0.4, 0.5) is 0 Å². The molecule has 1 aliphatic heterocycles. The van der Waals surface area contributed by atoms with E-state index >= 15 is 0 Å². The molecule has 0 aliphatic carbocycles. The lowest BCUT2D eigenvalue weighted by molar-refractivity contribution is 0.325. The van der Waals surface area contributed by atoms with Crippen LogP contribution >= 0.6 is 12.2 Å². The van der Waals surface area contributed by atoms with Crippen LogP contribution in [0.5, 0.6) is 0 Å². The summed E-state index contributed by atoms with van der Waals surface area (Å²) in [6.45, 7) is 1.94. The molecule has 1 N–H and O–H groups in total. The van der Waals surface area contributed by atoms with Gasteiger partial charge in [0, 0.05) is 0 Å². The number of H-pyrrole nitrogens is 1. The maximum Gasteiger partial charge on any atom is 0.152 e. The Kier molecular flexibility index (Phi) is 3.10. The van der Waals surface area contributed by atoms with Crippen LogP contribution < -0.4 is 0 Å². The van der Waals surface area contributed by atoms with E-state index in [9.17, 15) is 8.42 Å². The zero-order valence-electron chi connectivity index (χ0n) is 11.2. The smallest absolute Gasteiger partial charge is 0.152 e. The normalized spacial score (nSPS) is 24.9. The zero-order chi connectivity index (χ0) is 14.4. The molecule has 1 fully saturated rings. The van der Waals surface area contributed by atoms with Crippen LogP contribution in [0, 0.1) is 4.64 Å². The van der Waals surface area contributed by atoms with Gasteiger partial charge in [-0.1, -0.05) is 42.5 Å². The van der Waals surface area contributed by atoms with Crippen molar-refractivity contribution >= 4 is 22.1 Å². The Balaban J connectivity index is 2.05. The molecule has 1 saturated heterocycles. The van der Waals surface area contributed by atoms with Gasteiger partial charge in [0.2, 0.25) is 0 Å². The van der Waals surface area contributed by atoms with Crippen LogP contribution in [0.25, 0.3) is 11.3 Å². The second kappa shape index (κ2) is 4.56. The van der Waals surface area contributed by atoms with Gasteiger partial charge < -0.3 is 0 Å². The van der Waals surface area contributed by atoms with Crippen LogP contribution in [0.15, 0.2) is 36.4 Å². The van der Waals surface area contributed by atoms with Gasteiger partial charge in [-0.15, -0.1) is 0 Å². The molecule has 1 aromatic carbocycles. The minimum Gasteiger partial charge on any atom is -0.296 e. The molecule has 3 rings (SSSR count). The second-order valence-corrected chi connectivity index (χ2v) is 8.15. The molecule has 1 aromatic heterocycles. The summed E-state index contributed by atoms with van der Waals surface area (Å²) in [7, 11) is -2.96. The van der Waals surface area contributed by atoms with Gasteiger partial charge >= 0.3 is 0 Å².